The van der Waals surface area contributed by atoms with Crippen LogP contribution in [0.3, 0.4) is 0 Å². The Hall–Kier alpha value is -2.64. The van der Waals surface area contributed by atoms with Crippen molar-refractivity contribution >= 4 is 28.2 Å². The molecule has 2 saturated heterocycles. The van der Waals surface area contributed by atoms with Gasteiger partial charge in [0.1, 0.15) is 12.2 Å². The van der Waals surface area contributed by atoms with Gasteiger partial charge in [0.25, 0.3) is 5.91 Å². The van der Waals surface area contributed by atoms with E-state index < -0.39 is 34.4 Å². The number of aromatic nitrogens is 2. The Morgan fingerprint density at radius 2 is 2.04 bits per heavy atom. The van der Waals surface area contributed by atoms with Gasteiger partial charge in [-0.3, -0.25) is 14.8 Å². The fourth-order valence-corrected chi connectivity index (χ4v) is 3.21. The Bertz CT molecular complexity index is 815. The minimum Gasteiger partial charge on any atom is -0.310 e. The molecule has 13 heteroatoms. The van der Waals surface area contributed by atoms with Crippen molar-refractivity contribution < 1.29 is 26.8 Å². The first-order chi connectivity index (χ1) is 11.8. The molecule has 2 fully saturated rings. The number of carbonyl (C=O) groups is 2. The smallest absolute Gasteiger partial charge is 0.310 e. The number of amidine groups is 1. The summed E-state index contributed by atoms with van der Waals surface area (Å²) >= 11 is 0. The number of urea groups is 1. The number of piperidine rings is 1. The van der Waals surface area contributed by atoms with E-state index in [-0.39, 0.29) is 17.9 Å². The molecule has 3 N–H and O–H groups in total. The minimum atomic E-state index is -4.83. The molecule has 3 rings (SSSR count). The van der Waals surface area contributed by atoms with Crippen molar-refractivity contribution in [3.8, 4) is 0 Å². The van der Waals surface area contributed by atoms with Crippen molar-refractivity contribution in [2.75, 3.05) is 6.54 Å². The number of hydrogen-bond acceptors (Lipinski definition) is 8. The van der Waals surface area contributed by atoms with Crippen LogP contribution in [0.1, 0.15) is 23.2 Å². The standard InChI is InChI=1S/C12H14N6O6S/c13-10(16-11(19)7-3-14-6-15-4-7)9-2-1-8-5-17(9)12(20)18(8)24-25(21,22)23/h3-4,6,8-9H,1-2,5H2,(H2,13,16,19)(H,21,22,23)/t8?,9-/m0/s1. The van der Waals surface area contributed by atoms with Crippen molar-refractivity contribution in [3.63, 3.8) is 0 Å². The van der Waals surface area contributed by atoms with E-state index in [4.69, 9.17) is 9.96 Å². The van der Waals surface area contributed by atoms with E-state index in [9.17, 15) is 18.0 Å². The Morgan fingerprint density at radius 3 is 2.68 bits per heavy atom. The van der Waals surface area contributed by atoms with Gasteiger partial charge in [-0.15, -0.1) is 4.28 Å². The lowest BCUT2D eigenvalue weighted by Crippen LogP contribution is -2.50. The first-order valence-electron chi connectivity index (χ1n) is 7.18. The molecule has 3 heterocycles. The van der Waals surface area contributed by atoms with Crippen LogP contribution >= 0.6 is 0 Å². The maximum absolute atomic E-state index is 12.3. The van der Waals surface area contributed by atoms with Crippen molar-refractivity contribution in [1.82, 2.24) is 25.2 Å². The molecule has 2 aliphatic rings. The summed E-state index contributed by atoms with van der Waals surface area (Å²) in [6.07, 6.45) is 4.50. The summed E-state index contributed by atoms with van der Waals surface area (Å²) in [4.78, 5) is 32.9. The first-order valence-corrected chi connectivity index (χ1v) is 8.54. The zero-order chi connectivity index (χ0) is 18.2. The molecule has 2 atom stereocenters. The topological polar surface area (TPSA) is 166 Å². The maximum atomic E-state index is 12.3. The summed E-state index contributed by atoms with van der Waals surface area (Å²) in [6.45, 7) is 0.117. The molecule has 0 spiro atoms. The fourth-order valence-electron chi connectivity index (χ4n) is 2.83. The van der Waals surface area contributed by atoms with E-state index in [2.05, 4.69) is 19.6 Å². The largest absolute Gasteiger partial charge is 0.418 e. The first kappa shape index (κ1) is 17.2. The number of hydroxylamine groups is 2. The van der Waals surface area contributed by atoms with Gasteiger partial charge in [-0.25, -0.2) is 14.8 Å². The average molecular weight is 370 g/mol. The summed E-state index contributed by atoms with van der Waals surface area (Å²) in [5.41, 5.74) is 0.157. The third kappa shape index (κ3) is 3.57. The van der Waals surface area contributed by atoms with Gasteiger partial charge in [0.15, 0.2) is 0 Å². The summed E-state index contributed by atoms with van der Waals surface area (Å²) in [6, 6.07) is -2.10. The summed E-state index contributed by atoms with van der Waals surface area (Å²) < 4.78 is 34.8. The molecule has 2 aliphatic heterocycles. The molecule has 0 aliphatic carbocycles. The number of nitrogens with zero attached hydrogens (tertiary/aromatic N) is 4. The van der Waals surface area contributed by atoms with Crippen LogP contribution in [0.25, 0.3) is 0 Å². The fraction of sp³-hybridized carbons (Fsp3) is 0.417. The van der Waals surface area contributed by atoms with E-state index >= 15 is 0 Å². The van der Waals surface area contributed by atoms with E-state index in [0.717, 1.165) is 0 Å². The third-order valence-electron chi connectivity index (χ3n) is 3.90. The molecular formula is C12H14N6O6S. The van der Waals surface area contributed by atoms with E-state index in [1.807, 2.05) is 0 Å². The molecule has 2 bridgehead atoms. The van der Waals surface area contributed by atoms with Crippen molar-refractivity contribution in [2.24, 2.45) is 0 Å². The zero-order valence-electron chi connectivity index (χ0n) is 12.7. The van der Waals surface area contributed by atoms with Gasteiger partial charge in [-0.1, -0.05) is 0 Å². The Labute approximate surface area is 142 Å². The molecule has 3 amide bonds. The summed E-state index contributed by atoms with van der Waals surface area (Å²) in [5, 5.41) is 11.0. The van der Waals surface area contributed by atoms with Crippen LogP contribution in [0.2, 0.25) is 0 Å². The van der Waals surface area contributed by atoms with Crippen LogP contribution in [-0.4, -0.2) is 69.3 Å². The summed E-state index contributed by atoms with van der Waals surface area (Å²) in [7, 11) is -4.83. The van der Waals surface area contributed by atoms with Crippen molar-refractivity contribution in [2.45, 2.75) is 24.9 Å². The van der Waals surface area contributed by atoms with Crippen LogP contribution in [-0.2, 0) is 14.7 Å². The molecule has 1 unspecified atom stereocenters. The third-order valence-corrected chi connectivity index (χ3v) is 4.25. The monoisotopic (exact) mass is 370 g/mol. The molecule has 134 valence electrons. The van der Waals surface area contributed by atoms with Gasteiger partial charge in [0.2, 0.25) is 0 Å². The van der Waals surface area contributed by atoms with E-state index in [1.165, 1.54) is 23.6 Å². The van der Waals surface area contributed by atoms with Crippen LogP contribution < -0.4 is 5.32 Å². The van der Waals surface area contributed by atoms with Crippen LogP contribution in [0, 0.1) is 5.41 Å². The maximum Gasteiger partial charge on any atom is 0.418 e. The van der Waals surface area contributed by atoms with E-state index in [1.54, 1.807) is 0 Å². The lowest BCUT2D eigenvalue weighted by Gasteiger charge is -2.30. The van der Waals surface area contributed by atoms with Gasteiger partial charge in [-0.2, -0.15) is 13.5 Å². The Kier molecular flexibility index (Phi) is 4.36. The molecule has 0 radical (unpaired) electrons. The Morgan fingerprint density at radius 1 is 1.36 bits per heavy atom. The lowest BCUT2D eigenvalue weighted by molar-refractivity contribution is -0.0316. The predicted molar refractivity (Wildman–Crippen MR) is 80.6 cm³/mol. The van der Waals surface area contributed by atoms with Gasteiger partial charge in [-0.05, 0) is 12.8 Å². The van der Waals surface area contributed by atoms with Crippen LogP contribution in [0.5, 0.6) is 0 Å². The lowest BCUT2D eigenvalue weighted by atomic mass is 10.00. The minimum absolute atomic E-state index is 0.117. The number of nitrogens with one attached hydrogen (secondary N) is 2. The van der Waals surface area contributed by atoms with Gasteiger partial charge in [0.05, 0.1) is 17.6 Å². The number of hydrogen-bond donors (Lipinski definition) is 3. The number of rotatable bonds is 4. The van der Waals surface area contributed by atoms with Crippen molar-refractivity contribution in [1.29, 1.82) is 5.41 Å². The second kappa shape index (κ2) is 6.34. The van der Waals surface area contributed by atoms with Gasteiger partial charge < -0.3 is 10.2 Å². The molecule has 0 aromatic carbocycles. The van der Waals surface area contributed by atoms with Gasteiger partial charge in [0, 0.05) is 18.9 Å². The number of amides is 3. The van der Waals surface area contributed by atoms with Crippen molar-refractivity contribution in [3.05, 3.63) is 24.3 Å². The molecule has 12 nitrogen and oxygen atoms in total. The van der Waals surface area contributed by atoms with Crippen LogP contribution in [0.15, 0.2) is 18.7 Å². The number of carbonyl (C=O) groups excluding carboxylic acids is 2. The highest BCUT2D eigenvalue weighted by atomic mass is 32.3. The van der Waals surface area contributed by atoms with E-state index in [0.29, 0.717) is 17.9 Å². The van der Waals surface area contributed by atoms with Crippen LogP contribution in [0.4, 0.5) is 4.79 Å². The second-order valence-electron chi connectivity index (χ2n) is 5.50. The molecule has 25 heavy (non-hydrogen) atoms. The van der Waals surface area contributed by atoms with Gasteiger partial charge >= 0.3 is 16.4 Å². The molecule has 0 saturated carbocycles. The SMILES string of the molecule is N=C(NC(=O)c1cncnc1)[C@@H]1CCC2CN1C(=O)N2OS(=O)(=O)O. The highest BCUT2D eigenvalue weighted by Crippen LogP contribution is 2.30. The normalized spacial score (nSPS) is 22.8. The predicted octanol–water partition coefficient (Wildman–Crippen LogP) is -0.813. The highest BCUT2D eigenvalue weighted by Gasteiger charge is 2.48. The number of fused-ring (bicyclic) bond motifs is 2. The average Bonchev–Trinajstić information content (AvgIpc) is 2.79. The molecular weight excluding hydrogens is 356 g/mol. The summed E-state index contributed by atoms with van der Waals surface area (Å²) in [5.74, 6) is -0.806. The Balaban J connectivity index is 1.69. The molecule has 1 aromatic heterocycles. The molecule has 1 aromatic rings. The zero-order valence-corrected chi connectivity index (χ0v) is 13.5. The second-order valence-corrected chi connectivity index (χ2v) is 6.51. The highest BCUT2D eigenvalue weighted by molar-refractivity contribution is 7.80. The quantitative estimate of drug-likeness (QED) is 0.351.